The predicted octanol–water partition coefficient (Wildman–Crippen LogP) is 5.38. The van der Waals surface area contributed by atoms with Gasteiger partial charge in [-0.1, -0.05) is 27.7 Å². The van der Waals surface area contributed by atoms with E-state index in [1.165, 1.54) is 11.8 Å². The van der Waals surface area contributed by atoms with E-state index in [9.17, 15) is 4.79 Å². The van der Waals surface area contributed by atoms with Gasteiger partial charge < -0.3 is 9.88 Å². The minimum atomic E-state index is -0.127. The number of carbonyl (C=O) groups excluding carboxylic acids is 1. The molecule has 140 valence electrons. The average Bonchev–Trinajstić information content (AvgIpc) is 3.06. The smallest absolute Gasteiger partial charge is 0.234 e. The highest BCUT2D eigenvalue weighted by Gasteiger charge is 2.16. The van der Waals surface area contributed by atoms with Gasteiger partial charge in [-0.05, 0) is 63.0 Å². The third-order valence-corrected chi connectivity index (χ3v) is 6.23. The highest BCUT2D eigenvalue weighted by Crippen LogP contribution is 2.34. The molecule has 2 aromatic heterocycles. The molecule has 0 radical (unpaired) electrons. The van der Waals surface area contributed by atoms with Gasteiger partial charge in [0, 0.05) is 37.9 Å². The fourth-order valence-corrected chi connectivity index (χ4v) is 5.62. The van der Waals surface area contributed by atoms with Crippen LogP contribution >= 0.6 is 59.6 Å². The summed E-state index contributed by atoms with van der Waals surface area (Å²) in [6.45, 7) is 2.72. The van der Waals surface area contributed by atoms with Crippen molar-refractivity contribution in [2.75, 3.05) is 11.1 Å². The van der Waals surface area contributed by atoms with E-state index in [0.29, 0.717) is 17.4 Å². The highest BCUT2D eigenvalue weighted by molar-refractivity contribution is 9.11. The van der Waals surface area contributed by atoms with E-state index in [4.69, 9.17) is 0 Å². The molecule has 0 saturated heterocycles. The second-order valence-corrected chi connectivity index (χ2v) is 8.94. The molecule has 0 spiro atoms. The average molecular weight is 576 g/mol. The third-order valence-electron chi connectivity index (χ3n) is 3.56. The van der Waals surface area contributed by atoms with E-state index in [1.807, 2.05) is 35.8 Å². The second kappa shape index (κ2) is 9.31. The lowest BCUT2D eigenvalue weighted by Crippen LogP contribution is -2.15. The zero-order valence-corrected chi connectivity index (χ0v) is 19.7. The van der Waals surface area contributed by atoms with Gasteiger partial charge in [0.2, 0.25) is 5.91 Å². The zero-order valence-electron chi connectivity index (χ0n) is 14.1. The van der Waals surface area contributed by atoms with E-state index in [2.05, 4.69) is 68.3 Å². The van der Waals surface area contributed by atoms with Crippen LogP contribution in [0.2, 0.25) is 0 Å². The summed E-state index contributed by atoms with van der Waals surface area (Å²) in [5, 5.41) is 12.1. The molecule has 27 heavy (non-hydrogen) atoms. The van der Waals surface area contributed by atoms with Crippen LogP contribution in [0.25, 0.3) is 11.4 Å². The molecule has 3 aromatic rings. The number of benzene rings is 1. The molecule has 2 heterocycles. The number of hydrogen-bond donors (Lipinski definition) is 1. The number of halogens is 3. The van der Waals surface area contributed by atoms with Crippen molar-refractivity contribution in [3.63, 3.8) is 0 Å². The Balaban J connectivity index is 1.70. The van der Waals surface area contributed by atoms with Gasteiger partial charge >= 0.3 is 0 Å². The van der Waals surface area contributed by atoms with Gasteiger partial charge in [0.15, 0.2) is 11.0 Å². The monoisotopic (exact) mass is 573 g/mol. The van der Waals surface area contributed by atoms with Crippen LogP contribution < -0.4 is 5.32 Å². The molecule has 0 aliphatic carbocycles. The van der Waals surface area contributed by atoms with Crippen molar-refractivity contribution in [2.24, 2.45) is 0 Å². The molecular formula is C17H14Br3N5OS. The summed E-state index contributed by atoms with van der Waals surface area (Å²) < 4.78 is 4.46. The quantitative estimate of drug-likeness (QED) is 0.400. The first-order valence-corrected chi connectivity index (χ1v) is 11.3. The Morgan fingerprint density at radius 1 is 1.22 bits per heavy atom. The summed E-state index contributed by atoms with van der Waals surface area (Å²) in [4.78, 5) is 16.5. The molecule has 0 atom stereocenters. The molecule has 10 heteroatoms. The molecule has 1 amide bonds. The number of rotatable bonds is 6. The molecule has 3 rings (SSSR count). The number of nitrogens with one attached hydrogen (secondary N) is 1. The SMILES string of the molecule is CCn1c(SCC(=O)Nc2c(Br)cc(Br)cc2Br)nnc1-c1cccnc1. The molecule has 0 fully saturated rings. The molecule has 1 aromatic carbocycles. The van der Waals surface area contributed by atoms with Crippen molar-refractivity contribution in [3.8, 4) is 11.4 Å². The minimum absolute atomic E-state index is 0.127. The zero-order chi connectivity index (χ0) is 19.4. The Morgan fingerprint density at radius 2 is 1.96 bits per heavy atom. The number of hydrogen-bond acceptors (Lipinski definition) is 5. The van der Waals surface area contributed by atoms with Crippen LogP contribution in [0, 0.1) is 0 Å². The Morgan fingerprint density at radius 3 is 2.59 bits per heavy atom. The predicted molar refractivity (Wildman–Crippen MR) is 118 cm³/mol. The summed E-state index contributed by atoms with van der Waals surface area (Å²) in [6, 6.07) is 7.55. The topological polar surface area (TPSA) is 72.7 Å². The summed E-state index contributed by atoms with van der Waals surface area (Å²) in [6.07, 6.45) is 3.47. The van der Waals surface area contributed by atoms with Gasteiger partial charge in [-0.2, -0.15) is 0 Å². The number of nitrogens with zero attached hydrogens (tertiary/aromatic N) is 4. The van der Waals surface area contributed by atoms with Crippen LogP contribution in [-0.2, 0) is 11.3 Å². The van der Waals surface area contributed by atoms with Gasteiger partial charge in [-0.25, -0.2) is 0 Å². The normalized spacial score (nSPS) is 10.8. The highest BCUT2D eigenvalue weighted by atomic mass is 79.9. The lowest BCUT2D eigenvalue weighted by atomic mass is 10.3. The van der Waals surface area contributed by atoms with Crippen molar-refractivity contribution < 1.29 is 4.79 Å². The van der Waals surface area contributed by atoms with Crippen molar-refractivity contribution in [1.29, 1.82) is 0 Å². The van der Waals surface area contributed by atoms with E-state index in [0.717, 1.165) is 24.8 Å². The lowest BCUT2D eigenvalue weighted by molar-refractivity contribution is -0.113. The van der Waals surface area contributed by atoms with E-state index in [-0.39, 0.29) is 11.7 Å². The number of anilines is 1. The first-order valence-electron chi connectivity index (χ1n) is 7.90. The largest absolute Gasteiger partial charge is 0.323 e. The maximum Gasteiger partial charge on any atom is 0.234 e. The number of carbonyl (C=O) groups is 1. The molecule has 0 unspecified atom stereocenters. The van der Waals surface area contributed by atoms with Crippen LogP contribution in [0.4, 0.5) is 5.69 Å². The summed E-state index contributed by atoms with van der Waals surface area (Å²) in [7, 11) is 0. The number of pyridine rings is 1. The van der Waals surface area contributed by atoms with Gasteiger partial charge in [-0.3, -0.25) is 9.78 Å². The van der Waals surface area contributed by atoms with Crippen LogP contribution in [0.3, 0.4) is 0 Å². The van der Waals surface area contributed by atoms with Gasteiger partial charge in [-0.15, -0.1) is 10.2 Å². The molecule has 0 aliphatic rings. The molecule has 0 saturated carbocycles. The van der Waals surface area contributed by atoms with Crippen LogP contribution in [-0.4, -0.2) is 31.4 Å². The Kier molecular flexibility index (Phi) is 7.07. The van der Waals surface area contributed by atoms with E-state index < -0.39 is 0 Å². The summed E-state index contributed by atoms with van der Waals surface area (Å²) in [5.41, 5.74) is 1.59. The molecule has 1 N–H and O–H groups in total. The lowest BCUT2D eigenvalue weighted by Gasteiger charge is -2.10. The second-order valence-electron chi connectivity index (χ2n) is 5.37. The van der Waals surface area contributed by atoms with Gasteiger partial charge in [0.25, 0.3) is 0 Å². The van der Waals surface area contributed by atoms with Crippen molar-refractivity contribution in [2.45, 2.75) is 18.6 Å². The molecule has 0 bridgehead atoms. The molecular weight excluding hydrogens is 562 g/mol. The Hall–Kier alpha value is -1.23. The van der Waals surface area contributed by atoms with Crippen LogP contribution in [0.15, 0.2) is 55.2 Å². The van der Waals surface area contributed by atoms with Gasteiger partial charge in [0.05, 0.1) is 11.4 Å². The Bertz CT molecular complexity index is 941. The first-order chi connectivity index (χ1) is 13.0. The number of aromatic nitrogens is 4. The van der Waals surface area contributed by atoms with Gasteiger partial charge in [0.1, 0.15) is 0 Å². The maximum absolute atomic E-state index is 12.4. The minimum Gasteiger partial charge on any atom is -0.323 e. The van der Waals surface area contributed by atoms with Crippen LogP contribution in [0.1, 0.15) is 6.92 Å². The number of thioether (sulfide) groups is 1. The third kappa shape index (κ3) is 4.98. The molecule has 0 aliphatic heterocycles. The van der Waals surface area contributed by atoms with E-state index in [1.54, 1.807) is 12.4 Å². The van der Waals surface area contributed by atoms with Crippen molar-refractivity contribution in [1.82, 2.24) is 19.7 Å². The van der Waals surface area contributed by atoms with E-state index >= 15 is 0 Å². The Labute approximate surface area is 185 Å². The standard InChI is InChI=1S/C17H14Br3N5OS/c1-2-25-16(10-4-3-5-21-8-10)23-24-17(25)27-9-14(26)22-15-12(19)6-11(18)7-13(15)20/h3-8H,2,9H2,1H3,(H,22,26). The first kappa shape index (κ1) is 20.5. The van der Waals surface area contributed by atoms with Crippen molar-refractivity contribution in [3.05, 3.63) is 50.1 Å². The molecule has 6 nitrogen and oxygen atoms in total. The fraction of sp³-hybridized carbons (Fsp3) is 0.176. The fourth-order valence-electron chi connectivity index (χ4n) is 2.36. The maximum atomic E-state index is 12.4. The summed E-state index contributed by atoms with van der Waals surface area (Å²) >= 11 is 11.7. The van der Waals surface area contributed by atoms with Crippen molar-refractivity contribution >= 4 is 71.1 Å². The summed E-state index contributed by atoms with van der Waals surface area (Å²) in [5.74, 6) is 0.837. The number of amides is 1. The van der Waals surface area contributed by atoms with Crippen LogP contribution in [0.5, 0.6) is 0 Å².